The van der Waals surface area contributed by atoms with E-state index in [0.29, 0.717) is 0 Å². The lowest BCUT2D eigenvalue weighted by Crippen LogP contribution is -2.33. The normalized spacial score (nSPS) is 9.42. The third-order valence-electron chi connectivity index (χ3n) is 2.52. The highest BCUT2D eigenvalue weighted by atomic mass is 19.1. The minimum Gasteiger partial charge on any atom is -0.398 e. The van der Waals surface area contributed by atoms with Gasteiger partial charge in [-0.3, -0.25) is 4.79 Å². The molecule has 0 unspecified atom stereocenters. The third kappa shape index (κ3) is 3.97. The first kappa shape index (κ1) is 14.5. The summed E-state index contributed by atoms with van der Waals surface area (Å²) in [6.07, 6.45) is 0.330. The van der Waals surface area contributed by atoms with E-state index in [1.54, 1.807) is 0 Å². The Morgan fingerprint density at radius 2 is 1.84 bits per heavy atom. The SMILES string of the molecule is N#CCCN(CCC#N)C(=O)c1ccc(F)cc1N. The van der Waals surface area contributed by atoms with E-state index in [-0.39, 0.29) is 37.2 Å². The molecule has 1 rings (SSSR count). The predicted molar refractivity (Wildman–Crippen MR) is 67.2 cm³/mol. The highest BCUT2D eigenvalue weighted by Gasteiger charge is 2.17. The quantitative estimate of drug-likeness (QED) is 0.815. The van der Waals surface area contributed by atoms with Gasteiger partial charge >= 0.3 is 0 Å². The van der Waals surface area contributed by atoms with Crippen molar-refractivity contribution in [3.63, 3.8) is 0 Å². The average Bonchev–Trinajstić information content (AvgIpc) is 2.38. The molecule has 0 saturated carbocycles. The number of benzene rings is 1. The Morgan fingerprint density at radius 3 is 2.32 bits per heavy atom. The van der Waals surface area contributed by atoms with Crippen LogP contribution in [0.5, 0.6) is 0 Å². The van der Waals surface area contributed by atoms with Crippen LogP contribution in [0.25, 0.3) is 0 Å². The molecule has 0 saturated heterocycles. The molecule has 0 aromatic heterocycles. The van der Waals surface area contributed by atoms with Crippen LogP contribution in [0.1, 0.15) is 23.2 Å². The number of anilines is 1. The largest absolute Gasteiger partial charge is 0.398 e. The van der Waals surface area contributed by atoms with Crippen LogP contribution >= 0.6 is 0 Å². The molecule has 1 aromatic rings. The highest BCUT2D eigenvalue weighted by Crippen LogP contribution is 2.16. The fourth-order valence-corrected chi connectivity index (χ4v) is 1.58. The van der Waals surface area contributed by atoms with Crippen molar-refractivity contribution >= 4 is 11.6 Å². The van der Waals surface area contributed by atoms with Crippen LogP contribution in [0.2, 0.25) is 0 Å². The number of rotatable bonds is 5. The summed E-state index contributed by atoms with van der Waals surface area (Å²) in [5, 5.41) is 17.1. The Kier molecular flexibility index (Phi) is 5.31. The van der Waals surface area contributed by atoms with Crippen molar-refractivity contribution in [2.24, 2.45) is 0 Å². The van der Waals surface area contributed by atoms with Crippen molar-refractivity contribution in [1.82, 2.24) is 4.90 Å². The number of hydrogen-bond acceptors (Lipinski definition) is 4. The Balaban J connectivity index is 2.91. The maximum atomic E-state index is 12.9. The molecule has 0 aliphatic carbocycles. The first-order valence-corrected chi connectivity index (χ1v) is 5.68. The zero-order valence-electron chi connectivity index (χ0n) is 10.3. The van der Waals surface area contributed by atoms with Crippen LogP contribution in [0.4, 0.5) is 10.1 Å². The lowest BCUT2D eigenvalue weighted by Gasteiger charge is -2.21. The molecule has 1 amide bonds. The monoisotopic (exact) mass is 260 g/mol. The van der Waals surface area contributed by atoms with E-state index >= 15 is 0 Å². The van der Waals surface area contributed by atoms with Crippen molar-refractivity contribution in [3.05, 3.63) is 29.6 Å². The molecule has 19 heavy (non-hydrogen) atoms. The molecule has 0 bridgehead atoms. The number of amides is 1. The fraction of sp³-hybridized carbons (Fsp3) is 0.308. The molecule has 0 fully saturated rings. The van der Waals surface area contributed by atoms with Gasteiger partial charge in [-0.25, -0.2) is 4.39 Å². The van der Waals surface area contributed by atoms with E-state index < -0.39 is 11.7 Å². The van der Waals surface area contributed by atoms with Crippen LogP contribution in [0.15, 0.2) is 18.2 Å². The number of nitrogens with two attached hydrogens (primary N) is 1. The second-order valence-electron chi connectivity index (χ2n) is 3.84. The number of hydrogen-bond donors (Lipinski definition) is 1. The molecule has 0 spiro atoms. The van der Waals surface area contributed by atoms with Gasteiger partial charge in [0, 0.05) is 18.8 Å². The third-order valence-corrected chi connectivity index (χ3v) is 2.52. The van der Waals surface area contributed by atoms with Gasteiger partial charge in [0.15, 0.2) is 0 Å². The summed E-state index contributed by atoms with van der Waals surface area (Å²) in [5.41, 5.74) is 5.82. The zero-order valence-corrected chi connectivity index (χ0v) is 10.3. The molecule has 0 aliphatic heterocycles. The summed E-state index contributed by atoms with van der Waals surface area (Å²) in [5.74, 6) is -0.919. The van der Waals surface area contributed by atoms with Gasteiger partial charge in [-0.05, 0) is 18.2 Å². The lowest BCUT2D eigenvalue weighted by atomic mass is 10.1. The molecule has 5 nitrogen and oxygen atoms in total. The van der Waals surface area contributed by atoms with Crippen molar-refractivity contribution < 1.29 is 9.18 Å². The Labute approximate surface area is 110 Å². The van der Waals surface area contributed by atoms with Gasteiger partial charge in [-0.2, -0.15) is 10.5 Å². The average molecular weight is 260 g/mol. The molecule has 1 aromatic carbocycles. The van der Waals surface area contributed by atoms with Gasteiger partial charge in [0.1, 0.15) is 5.82 Å². The van der Waals surface area contributed by atoms with E-state index in [4.69, 9.17) is 16.3 Å². The summed E-state index contributed by atoms with van der Waals surface area (Å²) >= 11 is 0. The number of nitriles is 2. The molecule has 0 aliphatic rings. The van der Waals surface area contributed by atoms with Crippen molar-refractivity contribution in [1.29, 1.82) is 10.5 Å². The van der Waals surface area contributed by atoms with Crippen molar-refractivity contribution in [2.75, 3.05) is 18.8 Å². The number of nitrogens with zero attached hydrogens (tertiary/aromatic N) is 3. The molecular formula is C13H13FN4O. The first-order valence-electron chi connectivity index (χ1n) is 5.68. The fourth-order valence-electron chi connectivity index (χ4n) is 1.58. The van der Waals surface area contributed by atoms with Crippen LogP contribution < -0.4 is 5.73 Å². The van der Waals surface area contributed by atoms with Crippen LogP contribution in [-0.2, 0) is 0 Å². The van der Waals surface area contributed by atoms with E-state index in [1.807, 2.05) is 12.1 Å². The van der Waals surface area contributed by atoms with E-state index in [1.165, 1.54) is 11.0 Å². The number of halogens is 1. The number of nitrogen functional groups attached to an aromatic ring is 1. The van der Waals surface area contributed by atoms with E-state index in [9.17, 15) is 9.18 Å². The predicted octanol–water partition coefficient (Wildman–Crippen LogP) is 1.68. The summed E-state index contributed by atoms with van der Waals surface area (Å²) in [4.78, 5) is 13.6. The van der Waals surface area contributed by atoms with Gasteiger partial charge in [0.05, 0.1) is 30.5 Å². The standard InChI is InChI=1S/C13H13FN4O/c14-10-3-4-11(12(17)9-10)13(19)18(7-1-5-15)8-2-6-16/h3-4,9H,1-2,7-8,17H2. The Hall–Kier alpha value is -2.60. The number of carbonyl (C=O) groups excluding carboxylic acids is 1. The van der Waals surface area contributed by atoms with Crippen molar-refractivity contribution in [2.45, 2.75) is 12.8 Å². The van der Waals surface area contributed by atoms with Gasteiger partial charge in [-0.15, -0.1) is 0 Å². The molecule has 0 heterocycles. The van der Waals surface area contributed by atoms with E-state index in [2.05, 4.69) is 0 Å². The zero-order chi connectivity index (χ0) is 14.3. The Morgan fingerprint density at radius 1 is 1.26 bits per heavy atom. The van der Waals surface area contributed by atoms with Gasteiger partial charge < -0.3 is 10.6 Å². The summed E-state index contributed by atoms with van der Waals surface area (Å²) in [6, 6.07) is 7.40. The number of carbonyl (C=O) groups is 1. The minimum absolute atomic E-state index is 0.0453. The molecule has 2 N–H and O–H groups in total. The maximum absolute atomic E-state index is 12.9. The van der Waals surface area contributed by atoms with Gasteiger partial charge in [0.25, 0.3) is 5.91 Å². The maximum Gasteiger partial charge on any atom is 0.256 e. The molecular weight excluding hydrogens is 247 g/mol. The topological polar surface area (TPSA) is 93.9 Å². The molecule has 98 valence electrons. The van der Waals surface area contributed by atoms with Crippen molar-refractivity contribution in [3.8, 4) is 12.1 Å². The molecule has 0 atom stereocenters. The van der Waals surface area contributed by atoms with Crippen LogP contribution in [0.3, 0.4) is 0 Å². The Bertz CT molecular complexity index is 527. The molecule has 6 heteroatoms. The van der Waals surface area contributed by atoms with Gasteiger partial charge in [-0.1, -0.05) is 0 Å². The van der Waals surface area contributed by atoms with Crippen LogP contribution in [-0.4, -0.2) is 23.9 Å². The molecule has 0 radical (unpaired) electrons. The summed E-state index contributed by atoms with van der Waals surface area (Å²) in [7, 11) is 0. The lowest BCUT2D eigenvalue weighted by molar-refractivity contribution is 0.0763. The van der Waals surface area contributed by atoms with Crippen LogP contribution in [0, 0.1) is 28.5 Å². The van der Waals surface area contributed by atoms with E-state index in [0.717, 1.165) is 12.1 Å². The second-order valence-corrected chi connectivity index (χ2v) is 3.84. The smallest absolute Gasteiger partial charge is 0.256 e. The minimum atomic E-state index is -0.519. The summed E-state index contributed by atoms with van der Waals surface area (Å²) in [6.45, 7) is 0.432. The van der Waals surface area contributed by atoms with Gasteiger partial charge in [0.2, 0.25) is 0 Å². The summed E-state index contributed by atoms with van der Waals surface area (Å²) < 4.78 is 12.9. The first-order chi connectivity index (χ1) is 9.10. The second kappa shape index (κ2) is 6.97. The highest BCUT2D eigenvalue weighted by molar-refractivity contribution is 5.99.